The van der Waals surface area contributed by atoms with Gasteiger partial charge in [-0.2, -0.15) is 0 Å². The van der Waals surface area contributed by atoms with Crippen molar-refractivity contribution in [3.05, 3.63) is 21.9 Å². The molecule has 66 valence electrons. The lowest BCUT2D eigenvalue weighted by Crippen LogP contribution is -2.30. The quantitative estimate of drug-likeness (QED) is 0.714. The highest BCUT2D eigenvalue weighted by molar-refractivity contribution is 7.12. The number of rotatable bonds is 2. The average Bonchev–Trinajstić information content (AvgIpc) is 2.32. The Labute approximate surface area is 75.9 Å². The van der Waals surface area contributed by atoms with Crippen molar-refractivity contribution in [2.45, 2.75) is 26.4 Å². The van der Waals surface area contributed by atoms with Crippen LogP contribution in [0.15, 0.2) is 11.4 Å². The minimum atomic E-state index is -1.25. The fourth-order valence-electron chi connectivity index (χ4n) is 0.852. The van der Waals surface area contributed by atoms with Gasteiger partial charge in [0.2, 0.25) is 5.78 Å². The van der Waals surface area contributed by atoms with Crippen LogP contribution in [0.25, 0.3) is 0 Å². The number of carbonyl (C=O) groups excluding carboxylic acids is 1. The summed E-state index contributed by atoms with van der Waals surface area (Å²) in [5.74, 6) is -0.208. The normalized spacial score (nSPS) is 11.7. The molecule has 2 nitrogen and oxygen atoms in total. The summed E-state index contributed by atoms with van der Waals surface area (Å²) < 4.78 is 0. The first-order chi connectivity index (χ1) is 5.41. The van der Waals surface area contributed by atoms with Crippen LogP contribution in [0.3, 0.4) is 0 Å². The van der Waals surface area contributed by atoms with Gasteiger partial charge in [0.15, 0.2) is 0 Å². The molecule has 0 unspecified atom stereocenters. The Kier molecular flexibility index (Phi) is 2.35. The van der Waals surface area contributed by atoms with Crippen LogP contribution >= 0.6 is 11.3 Å². The second kappa shape index (κ2) is 2.99. The van der Waals surface area contributed by atoms with Crippen molar-refractivity contribution in [3.63, 3.8) is 0 Å². The van der Waals surface area contributed by atoms with Crippen molar-refractivity contribution in [2.75, 3.05) is 0 Å². The molecule has 0 aliphatic carbocycles. The van der Waals surface area contributed by atoms with Gasteiger partial charge in [-0.25, -0.2) is 0 Å². The monoisotopic (exact) mass is 184 g/mol. The summed E-state index contributed by atoms with van der Waals surface area (Å²) >= 11 is 1.37. The van der Waals surface area contributed by atoms with Crippen LogP contribution < -0.4 is 0 Å². The van der Waals surface area contributed by atoms with Gasteiger partial charge in [-0.05, 0) is 37.8 Å². The predicted octanol–water partition coefficient (Wildman–Crippen LogP) is 2.01. The Morgan fingerprint density at radius 2 is 2.17 bits per heavy atom. The Morgan fingerprint density at radius 1 is 1.58 bits per heavy atom. The number of aliphatic hydroxyl groups is 1. The zero-order valence-corrected chi connectivity index (χ0v) is 8.23. The van der Waals surface area contributed by atoms with E-state index in [1.54, 1.807) is 6.07 Å². The van der Waals surface area contributed by atoms with Gasteiger partial charge < -0.3 is 5.11 Å². The molecule has 0 fully saturated rings. The first-order valence-electron chi connectivity index (χ1n) is 3.73. The van der Waals surface area contributed by atoms with Crippen LogP contribution in [-0.2, 0) is 0 Å². The summed E-state index contributed by atoms with van der Waals surface area (Å²) in [6.07, 6.45) is 0. The highest BCUT2D eigenvalue weighted by Crippen LogP contribution is 2.19. The van der Waals surface area contributed by atoms with Gasteiger partial charge in [0.1, 0.15) is 5.60 Å². The highest BCUT2D eigenvalue weighted by atomic mass is 32.1. The SMILES string of the molecule is Cc1csc(C(=O)C(C)(C)O)c1. The minimum Gasteiger partial charge on any atom is -0.382 e. The molecule has 0 aromatic carbocycles. The predicted molar refractivity (Wildman–Crippen MR) is 49.7 cm³/mol. The molecule has 0 saturated carbocycles. The standard InChI is InChI=1S/C9H12O2S/c1-6-4-7(12-5-6)8(10)9(2,3)11/h4-5,11H,1-3H3. The molecule has 0 radical (unpaired) electrons. The maximum absolute atomic E-state index is 11.4. The molecular weight excluding hydrogens is 172 g/mol. The van der Waals surface area contributed by atoms with Gasteiger partial charge in [0.25, 0.3) is 0 Å². The number of hydrogen-bond acceptors (Lipinski definition) is 3. The largest absolute Gasteiger partial charge is 0.382 e. The molecule has 3 heteroatoms. The molecule has 0 atom stereocenters. The van der Waals surface area contributed by atoms with E-state index in [2.05, 4.69) is 0 Å². The topological polar surface area (TPSA) is 37.3 Å². The van der Waals surface area contributed by atoms with Crippen LogP contribution in [-0.4, -0.2) is 16.5 Å². The van der Waals surface area contributed by atoms with Crippen LogP contribution in [0.1, 0.15) is 29.1 Å². The van der Waals surface area contributed by atoms with Crippen LogP contribution in [0, 0.1) is 6.92 Å². The van der Waals surface area contributed by atoms with Crippen molar-refractivity contribution >= 4 is 17.1 Å². The van der Waals surface area contributed by atoms with Crippen LogP contribution in [0.4, 0.5) is 0 Å². The van der Waals surface area contributed by atoms with E-state index in [0.717, 1.165) is 5.56 Å². The number of Topliss-reactive ketones (excluding diaryl/α,β-unsaturated/α-hetero) is 1. The highest BCUT2D eigenvalue weighted by Gasteiger charge is 2.25. The number of aryl methyl sites for hydroxylation is 1. The molecule has 1 aromatic heterocycles. The molecule has 0 aliphatic heterocycles. The third kappa shape index (κ3) is 1.93. The fourth-order valence-corrected chi connectivity index (χ4v) is 1.84. The van der Waals surface area contributed by atoms with Crippen molar-refractivity contribution in [3.8, 4) is 0 Å². The van der Waals surface area contributed by atoms with Crippen molar-refractivity contribution < 1.29 is 9.90 Å². The summed E-state index contributed by atoms with van der Waals surface area (Å²) in [5, 5.41) is 11.3. The maximum Gasteiger partial charge on any atom is 0.203 e. The van der Waals surface area contributed by atoms with Gasteiger partial charge in [-0.1, -0.05) is 0 Å². The first kappa shape index (κ1) is 9.42. The molecule has 12 heavy (non-hydrogen) atoms. The Hall–Kier alpha value is -0.670. The molecule has 0 spiro atoms. The van der Waals surface area contributed by atoms with Gasteiger partial charge >= 0.3 is 0 Å². The summed E-state index contributed by atoms with van der Waals surface area (Å²) in [4.78, 5) is 12.1. The summed E-state index contributed by atoms with van der Waals surface area (Å²) in [7, 11) is 0. The molecule has 1 aromatic rings. The van der Waals surface area contributed by atoms with Gasteiger partial charge in [0.05, 0.1) is 4.88 Å². The van der Waals surface area contributed by atoms with E-state index in [0.29, 0.717) is 4.88 Å². The van der Waals surface area contributed by atoms with Gasteiger partial charge in [0, 0.05) is 0 Å². The first-order valence-corrected chi connectivity index (χ1v) is 4.61. The minimum absolute atomic E-state index is 0.208. The third-order valence-corrected chi connectivity index (χ3v) is 2.56. The Morgan fingerprint density at radius 3 is 2.50 bits per heavy atom. The van der Waals surface area contributed by atoms with Gasteiger partial charge in [-0.3, -0.25) is 4.79 Å². The van der Waals surface area contributed by atoms with E-state index in [-0.39, 0.29) is 5.78 Å². The second-order valence-electron chi connectivity index (χ2n) is 3.38. The lowest BCUT2D eigenvalue weighted by Gasteiger charge is -2.13. The fraction of sp³-hybridized carbons (Fsp3) is 0.444. The molecular formula is C9H12O2S. The molecule has 0 bridgehead atoms. The van der Waals surface area contributed by atoms with Crippen LogP contribution in [0.5, 0.6) is 0 Å². The molecule has 0 amide bonds. The zero-order chi connectivity index (χ0) is 9.35. The Balaban J connectivity index is 2.93. The second-order valence-corrected chi connectivity index (χ2v) is 4.29. The number of hydrogen-bond donors (Lipinski definition) is 1. The lowest BCUT2D eigenvalue weighted by atomic mass is 10.0. The molecule has 1 heterocycles. The number of carbonyl (C=O) groups is 1. The van der Waals surface area contributed by atoms with Crippen molar-refractivity contribution in [2.24, 2.45) is 0 Å². The van der Waals surface area contributed by atoms with E-state index >= 15 is 0 Å². The number of thiophene rings is 1. The number of ketones is 1. The van der Waals surface area contributed by atoms with Crippen LogP contribution in [0.2, 0.25) is 0 Å². The van der Waals surface area contributed by atoms with E-state index in [1.165, 1.54) is 25.2 Å². The molecule has 1 rings (SSSR count). The van der Waals surface area contributed by atoms with E-state index in [4.69, 9.17) is 0 Å². The molecule has 1 N–H and O–H groups in total. The molecule has 0 saturated heterocycles. The third-order valence-electron chi connectivity index (χ3n) is 1.51. The van der Waals surface area contributed by atoms with E-state index < -0.39 is 5.60 Å². The van der Waals surface area contributed by atoms with Crippen molar-refractivity contribution in [1.29, 1.82) is 0 Å². The van der Waals surface area contributed by atoms with Gasteiger partial charge in [-0.15, -0.1) is 11.3 Å². The summed E-state index contributed by atoms with van der Waals surface area (Å²) in [6.45, 7) is 4.94. The maximum atomic E-state index is 11.4. The zero-order valence-electron chi connectivity index (χ0n) is 7.42. The lowest BCUT2D eigenvalue weighted by molar-refractivity contribution is 0.0492. The smallest absolute Gasteiger partial charge is 0.203 e. The van der Waals surface area contributed by atoms with E-state index in [1.807, 2.05) is 12.3 Å². The Bertz CT molecular complexity index is 294. The molecule has 0 aliphatic rings. The summed E-state index contributed by atoms with van der Waals surface area (Å²) in [6, 6.07) is 1.80. The van der Waals surface area contributed by atoms with E-state index in [9.17, 15) is 9.90 Å². The summed E-state index contributed by atoms with van der Waals surface area (Å²) in [5.41, 5.74) is -0.190. The average molecular weight is 184 g/mol. The van der Waals surface area contributed by atoms with Crippen molar-refractivity contribution in [1.82, 2.24) is 0 Å².